The lowest BCUT2D eigenvalue weighted by Crippen LogP contribution is -2.41. The van der Waals surface area contributed by atoms with E-state index in [1.54, 1.807) is 0 Å². The lowest BCUT2D eigenvalue weighted by molar-refractivity contribution is -0.121. The second kappa shape index (κ2) is 9.25. The van der Waals surface area contributed by atoms with Gasteiger partial charge in [0.2, 0.25) is 15.9 Å². The highest BCUT2D eigenvalue weighted by atomic mass is 32.2. The van der Waals surface area contributed by atoms with Crippen molar-refractivity contribution in [1.29, 1.82) is 0 Å². The third-order valence-corrected chi connectivity index (χ3v) is 5.97. The average molecular weight is 401 g/mol. The van der Waals surface area contributed by atoms with Crippen LogP contribution in [0.2, 0.25) is 0 Å². The van der Waals surface area contributed by atoms with Crippen molar-refractivity contribution in [3.05, 3.63) is 29.6 Å². The summed E-state index contributed by atoms with van der Waals surface area (Å²) >= 11 is 0. The van der Waals surface area contributed by atoms with Crippen molar-refractivity contribution in [2.45, 2.75) is 18.2 Å². The molecule has 1 aromatic rings. The molecule has 0 aromatic heterocycles. The standard InChI is InChI=1S/C17H24FN3O5S/c1-3-6-19-16(22)12-20(2)17(23)14-11-13(4-5-15(14)18)27(24,25)21-7-9-26-10-8-21/h4-5,11H,3,6-10,12H2,1-2H3,(H,19,22). The zero-order valence-electron chi connectivity index (χ0n) is 15.4. The number of likely N-dealkylation sites (N-methyl/N-ethyl adjacent to an activating group) is 1. The molecule has 0 aliphatic carbocycles. The number of benzene rings is 1. The van der Waals surface area contributed by atoms with Crippen molar-refractivity contribution >= 4 is 21.8 Å². The molecule has 27 heavy (non-hydrogen) atoms. The van der Waals surface area contributed by atoms with Crippen LogP contribution in [0, 0.1) is 5.82 Å². The molecule has 0 unspecified atom stereocenters. The fourth-order valence-electron chi connectivity index (χ4n) is 2.58. The number of hydrogen-bond acceptors (Lipinski definition) is 5. The molecule has 1 fully saturated rings. The molecular weight excluding hydrogens is 377 g/mol. The van der Waals surface area contributed by atoms with Gasteiger partial charge in [-0.1, -0.05) is 6.92 Å². The number of ether oxygens (including phenoxy) is 1. The first kappa shape index (κ1) is 21.3. The molecule has 0 atom stereocenters. The smallest absolute Gasteiger partial charge is 0.257 e. The maximum Gasteiger partial charge on any atom is 0.257 e. The van der Waals surface area contributed by atoms with Crippen LogP contribution in [0.25, 0.3) is 0 Å². The first-order valence-corrected chi connectivity index (χ1v) is 10.1. The molecule has 0 radical (unpaired) electrons. The maximum absolute atomic E-state index is 14.2. The van der Waals surface area contributed by atoms with Crippen molar-refractivity contribution in [2.75, 3.05) is 46.4 Å². The van der Waals surface area contributed by atoms with E-state index in [4.69, 9.17) is 4.74 Å². The summed E-state index contributed by atoms with van der Waals surface area (Å²) in [5.41, 5.74) is -0.393. The molecule has 1 aliphatic rings. The summed E-state index contributed by atoms with van der Waals surface area (Å²) in [5.74, 6) is -1.98. The average Bonchev–Trinajstić information content (AvgIpc) is 2.66. The molecular formula is C17H24FN3O5S. The highest BCUT2D eigenvalue weighted by Gasteiger charge is 2.28. The Labute approximate surface area is 158 Å². The van der Waals surface area contributed by atoms with E-state index < -0.39 is 27.3 Å². The molecule has 0 saturated carbocycles. The van der Waals surface area contributed by atoms with E-state index in [9.17, 15) is 22.4 Å². The van der Waals surface area contributed by atoms with Crippen LogP contribution in [0.1, 0.15) is 23.7 Å². The Morgan fingerprint density at radius 1 is 1.30 bits per heavy atom. The number of halogens is 1. The molecule has 150 valence electrons. The van der Waals surface area contributed by atoms with Crippen LogP contribution in [-0.4, -0.2) is 75.9 Å². The lowest BCUT2D eigenvalue weighted by atomic mass is 10.2. The molecule has 1 saturated heterocycles. The Hall–Kier alpha value is -2.04. The fourth-order valence-corrected chi connectivity index (χ4v) is 4.01. The molecule has 1 heterocycles. The summed E-state index contributed by atoms with van der Waals surface area (Å²) in [4.78, 5) is 25.1. The van der Waals surface area contributed by atoms with Crippen LogP contribution in [0.5, 0.6) is 0 Å². The van der Waals surface area contributed by atoms with Crippen molar-refractivity contribution in [1.82, 2.24) is 14.5 Å². The van der Waals surface area contributed by atoms with Gasteiger partial charge in [0.1, 0.15) is 5.82 Å². The van der Waals surface area contributed by atoms with Gasteiger partial charge in [0.15, 0.2) is 0 Å². The van der Waals surface area contributed by atoms with Crippen molar-refractivity contribution in [2.24, 2.45) is 0 Å². The Morgan fingerprint density at radius 3 is 2.59 bits per heavy atom. The van der Waals surface area contributed by atoms with Crippen LogP contribution in [0.4, 0.5) is 4.39 Å². The first-order valence-electron chi connectivity index (χ1n) is 8.67. The molecule has 2 rings (SSSR count). The molecule has 0 spiro atoms. The van der Waals surface area contributed by atoms with Gasteiger partial charge in [-0.05, 0) is 24.6 Å². The summed E-state index contributed by atoms with van der Waals surface area (Å²) in [6.07, 6.45) is 0.749. The molecule has 10 heteroatoms. The molecule has 1 N–H and O–H groups in total. The topological polar surface area (TPSA) is 96.0 Å². The Morgan fingerprint density at radius 2 is 1.96 bits per heavy atom. The highest BCUT2D eigenvalue weighted by Crippen LogP contribution is 2.21. The minimum absolute atomic E-state index is 0.169. The minimum atomic E-state index is -3.86. The van der Waals surface area contributed by atoms with Crippen molar-refractivity contribution in [3.8, 4) is 0 Å². The number of carbonyl (C=O) groups is 2. The quantitative estimate of drug-likeness (QED) is 0.716. The number of sulfonamides is 1. The SMILES string of the molecule is CCCNC(=O)CN(C)C(=O)c1cc(S(=O)(=O)N2CCOCC2)ccc1F. The van der Waals surface area contributed by atoms with Gasteiger partial charge in [0.05, 0.1) is 30.2 Å². The van der Waals surface area contributed by atoms with E-state index >= 15 is 0 Å². The van der Waals surface area contributed by atoms with Crippen LogP contribution in [0.3, 0.4) is 0 Å². The number of amides is 2. The molecule has 1 aromatic carbocycles. The number of rotatable bonds is 7. The van der Waals surface area contributed by atoms with Crippen LogP contribution >= 0.6 is 0 Å². The van der Waals surface area contributed by atoms with Gasteiger partial charge in [-0.15, -0.1) is 0 Å². The summed E-state index contributed by atoms with van der Waals surface area (Å²) < 4.78 is 46.0. The third-order valence-electron chi connectivity index (χ3n) is 4.08. The van der Waals surface area contributed by atoms with Gasteiger partial charge in [0, 0.05) is 26.7 Å². The molecule has 1 aliphatic heterocycles. The van der Waals surface area contributed by atoms with E-state index in [1.807, 2.05) is 6.92 Å². The fraction of sp³-hybridized carbons (Fsp3) is 0.529. The first-order chi connectivity index (χ1) is 12.8. The van der Waals surface area contributed by atoms with Gasteiger partial charge in [-0.3, -0.25) is 9.59 Å². The normalized spacial score (nSPS) is 15.4. The summed E-state index contributed by atoms with van der Waals surface area (Å²) in [6.45, 7) is 3.07. The minimum Gasteiger partial charge on any atom is -0.379 e. The number of nitrogens with zero attached hydrogens (tertiary/aromatic N) is 2. The number of carbonyl (C=O) groups excluding carboxylic acids is 2. The van der Waals surface area contributed by atoms with E-state index in [0.717, 1.165) is 29.5 Å². The molecule has 8 nitrogen and oxygen atoms in total. The van der Waals surface area contributed by atoms with Crippen molar-refractivity contribution in [3.63, 3.8) is 0 Å². The zero-order valence-corrected chi connectivity index (χ0v) is 16.2. The monoisotopic (exact) mass is 401 g/mol. The lowest BCUT2D eigenvalue weighted by Gasteiger charge is -2.26. The number of hydrogen-bond donors (Lipinski definition) is 1. The van der Waals surface area contributed by atoms with Gasteiger partial charge >= 0.3 is 0 Å². The summed E-state index contributed by atoms with van der Waals surface area (Å²) in [6, 6.07) is 3.10. The van der Waals surface area contributed by atoms with E-state index in [0.29, 0.717) is 6.54 Å². The molecule has 0 bridgehead atoms. The number of morpholine rings is 1. The number of nitrogens with one attached hydrogen (secondary N) is 1. The van der Waals surface area contributed by atoms with Gasteiger partial charge < -0.3 is 15.0 Å². The van der Waals surface area contributed by atoms with Gasteiger partial charge in [-0.25, -0.2) is 12.8 Å². The van der Waals surface area contributed by atoms with Gasteiger partial charge in [0.25, 0.3) is 5.91 Å². The van der Waals surface area contributed by atoms with E-state index in [2.05, 4.69) is 5.32 Å². The molecule has 2 amide bonds. The van der Waals surface area contributed by atoms with Crippen LogP contribution < -0.4 is 5.32 Å². The second-order valence-electron chi connectivity index (χ2n) is 6.17. The van der Waals surface area contributed by atoms with E-state index in [1.165, 1.54) is 11.4 Å². The zero-order chi connectivity index (χ0) is 20.0. The Kier molecular flexibility index (Phi) is 7.28. The largest absolute Gasteiger partial charge is 0.379 e. The highest BCUT2D eigenvalue weighted by molar-refractivity contribution is 7.89. The van der Waals surface area contributed by atoms with Crippen molar-refractivity contribution < 1.29 is 27.1 Å². The Balaban J connectivity index is 2.21. The van der Waals surface area contributed by atoms with E-state index in [-0.39, 0.29) is 43.7 Å². The predicted octanol–water partition coefficient (Wildman–Crippen LogP) is 0.445. The maximum atomic E-state index is 14.2. The van der Waals surface area contributed by atoms with Gasteiger partial charge in [-0.2, -0.15) is 4.31 Å². The van der Waals surface area contributed by atoms with Crippen LogP contribution in [-0.2, 0) is 19.6 Å². The summed E-state index contributed by atoms with van der Waals surface area (Å²) in [7, 11) is -2.50. The third kappa shape index (κ3) is 5.24. The second-order valence-corrected chi connectivity index (χ2v) is 8.11. The Bertz CT molecular complexity index is 794. The predicted molar refractivity (Wildman–Crippen MR) is 96.2 cm³/mol. The summed E-state index contributed by atoms with van der Waals surface area (Å²) in [5, 5.41) is 2.62. The van der Waals surface area contributed by atoms with Crippen LogP contribution in [0.15, 0.2) is 23.1 Å².